The summed E-state index contributed by atoms with van der Waals surface area (Å²) in [6, 6.07) is 10.4. The van der Waals surface area contributed by atoms with Crippen LogP contribution < -0.4 is 0 Å². The van der Waals surface area contributed by atoms with Crippen LogP contribution in [0, 0.1) is 5.41 Å². The molecule has 2 nitrogen and oxygen atoms in total. The smallest absolute Gasteiger partial charge is 0.0730 e. The van der Waals surface area contributed by atoms with Crippen molar-refractivity contribution in [2.75, 3.05) is 19.6 Å². The lowest BCUT2D eigenvalue weighted by atomic mass is 9.90. The number of aliphatic hydroxyl groups is 1. The standard InChI is InChI=1S/C16H23NO/c1-13(9-14-7-5-4-6-8-14)10-17-11-15(18)16(2,3)12-17/h4-9,15,18H,10-12H2,1-3H3. The molecule has 98 valence electrons. The minimum atomic E-state index is -0.206. The first-order valence-electron chi connectivity index (χ1n) is 6.60. The van der Waals surface area contributed by atoms with Gasteiger partial charge in [-0.15, -0.1) is 0 Å². The lowest BCUT2D eigenvalue weighted by molar-refractivity contribution is 0.0956. The maximum atomic E-state index is 9.97. The zero-order chi connectivity index (χ0) is 13.2. The van der Waals surface area contributed by atoms with Gasteiger partial charge in [-0.1, -0.05) is 55.8 Å². The van der Waals surface area contributed by atoms with E-state index in [1.807, 2.05) is 6.07 Å². The fourth-order valence-electron chi connectivity index (χ4n) is 2.59. The van der Waals surface area contributed by atoms with E-state index in [0.717, 1.165) is 19.6 Å². The van der Waals surface area contributed by atoms with E-state index in [1.165, 1.54) is 11.1 Å². The molecule has 1 N–H and O–H groups in total. The molecule has 2 rings (SSSR count). The van der Waals surface area contributed by atoms with Crippen molar-refractivity contribution in [1.82, 2.24) is 4.90 Å². The molecule has 18 heavy (non-hydrogen) atoms. The van der Waals surface area contributed by atoms with Crippen molar-refractivity contribution in [2.24, 2.45) is 5.41 Å². The van der Waals surface area contributed by atoms with E-state index >= 15 is 0 Å². The Kier molecular flexibility index (Phi) is 3.88. The molecule has 0 aliphatic carbocycles. The maximum absolute atomic E-state index is 9.97. The second-order valence-corrected chi connectivity index (χ2v) is 6.08. The number of hydrogen-bond acceptors (Lipinski definition) is 2. The van der Waals surface area contributed by atoms with Gasteiger partial charge in [0.15, 0.2) is 0 Å². The third kappa shape index (κ3) is 3.21. The molecule has 1 aromatic rings. The minimum absolute atomic E-state index is 0.0209. The molecule has 0 spiro atoms. The summed E-state index contributed by atoms with van der Waals surface area (Å²) >= 11 is 0. The average Bonchev–Trinajstić information content (AvgIpc) is 2.53. The summed E-state index contributed by atoms with van der Waals surface area (Å²) in [5, 5.41) is 9.97. The van der Waals surface area contributed by atoms with Crippen molar-refractivity contribution < 1.29 is 5.11 Å². The Hall–Kier alpha value is -1.12. The minimum Gasteiger partial charge on any atom is -0.391 e. The van der Waals surface area contributed by atoms with E-state index < -0.39 is 0 Å². The number of benzene rings is 1. The van der Waals surface area contributed by atoms with Crippen LogP contribution in [0.4, 0.5) is 0 Å². The highest BCUT2D eigenvalue weighted by Gasteiger charge is 2.37. The van der Waals surface area contributed by atoms with Crippen molar-refractivity contribution in [1.29, 1.82) is 0 Å². The normalized spacial score (nSPS) is 24.4. The summed E-state index contributed by atoms with van der Waals surface area (Å²) < 4.78 is 0. The van der Waals surface area contributed by atoms with E-state index in [1.54, 1.807) is 0 Å². The summed E-state index contributed by atoms with van der Waals surface area (Å²) in [6.45, 7) is 9.11. The molecule has 0 amide bonds. The molecule has 0 aromatic heterocycles. The van der Waals surface area contributed by atoms with Gasteiger partial charge in [0.05, 0.1) is 6.10 Å². The fraction of sp³-hybridized carbons (Fsp3) is 0.500. The number of hydrogen-bond donors (Lipinski definition) is 1. The molecule has 1 fully saturated rings. The van der Waals surface area contributed by atoms with Gasteiger partial charge in [-0.3, -0.25) is 4.90 Å². The van der Waals surface area contributed by atoms with Crippen molar-refractivity contribution in [3.63, 3.8) is 0 Å². The molecule has 1 unspecified atom stereocenters. The van der Waals surface area contributed by atoms with Gasteiger partial charge < -0.3 is 5.11 Å². The molecule has 0 saturated carbocycles. The highest BCUT2D eigenvalue weighted by molar-refractivity contribution is 5.52. The monoisotopic (exact) mass is 245 g/mol. The van der Waals surface area contributed by atoms with E-state index in [9.17, 15) is 5.11 Å². The Morgan fingerprint density at radius 2 is 2.06 bits per heavy atom. The van der Waals surface area contributed by atoms with Crippen molar-refractivity contribution in [3.05, 3.63) is 41.5 Å². The number of aliphatic hydroxyl groups excluding tert-OH is 1. The van der Waals surface area contributed by atoms with Gasteiger partial charge >= 0.3 is 0 Å². The maximum Gasteiger partial charge on any atom is 0.0730 e. The Morgan fingerprint density at radius 3 is 2.61 bits per heavy atom. The molecule has 0 radical (unpaired) electrons. The van der Waals surface area contributed by atoms with Crippen molar-refractivity contribution in [2.45, 2.75) is 26.9 Å². The third-order valence-corrected chi connectivity index (χ3v) is 3.65. The number of nitrogens with zero attached hydrogens (tertiary/aromatic N) is 1. The summed E-state index contributed by atoms with van der Waals surface area (Å²) in [6.07, 6.45) is 2.01. The Labute approximate surface area is 110 Å². The molecular weight excluding hydrogens is 222 g/mol. The molecule has 1 saturated heterocycles. The van der Waals surface area contributed by atoms with Crippen LogP contribution in [0.1, 0.15) is 26.3 Å². The van der Waals surface area contributed by atoms with Crippen molar-refractivity contribution in [3.8, 4) is 0 Å². The Morgan fingerprint density at radius 1 is 1.39 bits per heavy atom. The fourth-order valence-corrected chi connectivity index (χ4v) is 2.59. The lowest BCUT2D eigenvalue weighted by Gasteiger charge is -2.21. The first kappa shape index (κ1) is 13.3. The average molecular weight is 245 g/mol. The van der Waals surface area contributed by atoms with Gasteiger partial charge in [0.1, 0.15) is 0 Å². The highest BCUT2D eigenvalue weighted by atomic mass is 16.3. The summed E-state index contributed by atoms with van der Waals surface area (Å²) in [4.78, 5) is 2.33. The molecule has 1 aliphatic heterocycles. The molecular formula is C16H23NO. The molecule has 1 atom stereocenters. The number of rotatable bonds is 3. The van der Waals surface area contributed by atoms with E-state index in [0.29, 0.717) is 0 Å². The van der Waals surface area contributed by atoms with Crippen LogP contribution >= 0.6 is 0 Å². The predicted octanol–water partition coefficient (Wildman–Crippen LogP) is 2.79. The zero-order valence-electron chi connectivity index (χ0n) is 11.6. The van der Waals surface area contributed by atoms with Gasteiger partial charge in [0.2, 0.25) is 0 Å². The zero-order valence-corrected chi connectivity index (χ0v) is 11.6. The second kappa shape index (κ2) is 5.25. The summed E-state index contributed by atoms with van der Waals surface area (Å²) in [5.41, 5.74) is 2.60. The first-order valence-corrected chi connectivity index (χ1v) is 6.60. The van der Waals surface area contributed by atoms with Crippen LogP contribution in [0.15, 0.2) is 35.9 Å². The topological polar surface area (TPSA) is 23.5 Å². The van der Waals surface area contributed by atoms with Crippen molar-refractivity contribution >= 4 is 6.08 Å². The van der Waals surface area contributed by atoms with Gasteiger partial charge in [-0.05, 0) is 12.5 Å². The van der Waals surface area contributed by atoms with Gasteiger partial charge in [-0.2, -0.15) is 0 Å². The molecule has 0 bridgehead atoms. The van der Waals surface area contributed by atoms with Crippen LogP contribution in [0.3, 0.4) is 0 Å². The van der Waals surface area contributed by atoms with Gasteiger partial charge in [0.25, 0.3) is 0 Å². The van der Waals surface area contributed by atoms with Crippen LogP contribution in [-0.4, -0.2) is 35.7 Å². The second-order valence-electron chi connectivity index (χ2n) is 6.08. The van der Waals surface area contributed by atoms with Crippen LogP contribution in [0.25, 0.3) is 6.08 Å². The van der Waals surface area contributed by atoms with E-state index in [4.69, 9.17) is 0 Å². The largest absolute Gasteiger partial charge is 0.391 e. The lowest BCUT2D eigenvalue weighted by Crippen LogP contribution is -2.26. The van der Waals surface area contributed by atoms with E-state index in [2.05, 4.69) is 56.0 Å². The van der Waals surface area contributed by atoms with Gasteiger partial charge in [0, 0.05) is 25.0 Å². The molecule has 1 aliphatic rings. The summed E-state index contributed by atoms with van der Waals surface area (Å²) in [7, 11) is 0. The third-order valence-electron chi connectivity index (χ3n) is 3.65. The van der Waals surface area contributed by atoms with Crippen LogP contribution in [-0.2, 0) is 0 Å². The van der Waals surface area contributed by atoms with E-state index in [-0.39, 0.29) is 11.5 Å². The SMILES string of the molecule is CC(=Cc1ccccc1)CN1CC(O)C(C)(C)C1. The molecule has 1 aromatic carbocycles. The highest BCUT2D eigenvalue weighted by Crippen LogP contribution is 2.29. The Balaban J connectivity index is 1.97. The van der Waals surface area contributed by atoms with Crippen LogP contribution in [0.5, 0.6) is 0 Å². The number of likely N-dealkylation sites (tertiary alicyclic amines) is 1. The molecule has 1 heterocycles. The van der Waals surface area contributed by atoms with Crippen LogP contribution in [0.2, 0.25) is 0 Å². The predicted molar refractivity (Wildman–Crippen MR) is 76.3 cm³/mol. The molecule has 2 heteroatoms. The first-order chi connectivity index (χ1) is 8.47. The quantitative estimate of drug-likeness (QED) is 0.885. The Bertz CT molecular complexity index is 422. The summed E-state index contributed by atoms with van der Waals surface area (Å²) in [5.74, 6) is 0. The number of β-amino-alcohol motifs (C(OH)–C–C–N with tert-alkyl or cyclic N) is 1. The van der Waals surface area contributed by atoms with Gasteiger partial charge in [-0.25, -0.2) is 0 Å².